The van der Waals surface area contributed by atoms with E-state index < -0.39 is 0 Å². The molecule has 1 aliphatic heterocycles. The van der Waals surface area contributed by atoms with Crippen LogP contribution in [0.5, 0.6) is 11.5 Å². The first kappa shape index (κ1) is 10.1. The van der Waals surface area contributed by atoms with E-state index in [0.29, 0.717) is 5.82 Å². The van der Waals surface area contributed by atoms with Gasteiger partial charge in [-0.1, -0.05) is 36.4 Å². The van der Waals surface area contributed by atoms with E-state index in [4.69, 9.17) is 9.31 Å². The van der Waals surface area contributed by atoms with Crippen molar-refractivity contribution in [3.63, 3.8) is 0 Å². The quantitative estimate of drug-likeness (QED) is 0.707. The molecule has 3 heteroatoms. The molecule has 0 amide bonds. The number of rotatable bonds is 1. The summed E-state index contributed by atoms with van der Waals surface area (Å²) in [6.07, 6.45) is 2.23. The van der Waals surface area contributed by atoms with E-state index in [9.17, 15) is 0 Å². The molecule has 2 aliphatic rings. The van der Waals surface area contributed by atoms with E-state index in [-0.39, 0.29) is 7.12 Å². The Bertz CT molecular complexity index is 572. The van der Waals surface area contributed by atoms with Crippen molar-refractivity contribution in [3.8, 4) is 11.5 Å². The van der Waals surface area contributed by atoms with Crippen molar-refractivity contribution >= 4 is 7.12 Å². The average molecular weight is 236 g/mol. The van der Waals surface area contributed by atoms with E-state index in [1.807, 2.05) is 24.3 Å². The van der Waals surface area contributed by atoms with E-state index in [1.165, 1.54) is 11.1 Å². The average Bonchev–Trinajstić information content (AvgIpc) is 3.02. The van der Waals surface area contributed by atoms with E-state index in [0.717, 1.165) is 24.3 Å². The SMILES string of the molecule is c1ccc2c(c1)CC[C@@H]2B1Oc2ccccc2O1. The third-order valence-electron chi connectivity index (χ3n) is 3.84. The maximum Gasteiger partial charge on any atom is 0.602 e. The first-order valence-electron chi connectivity index (χ1n) is 6.42. The van der Waals surface area contributed by atoms with Crippen molar-refractivity contribution in [2.24, 2.45) is 0 Å². The smallest absolute Gasteiger partial charge is 0.523 e. The second-order valence-corrected chi connectivity index (χ2v) is 4.89. The Balaban J connectivity index is 1.65. The fraction of sp³-hybridized carbons (Fsp3) is 0.200. The van der Waals surface area contributed by atoms with Crippen LogP contribution in [0.15, 0.2) is 48.5 Å². The number of benzene rings is 2. The van der Waals surface area contributed by atoms with Crippen LogP contribution in [0.25, 0.3) is 0 Å². The Morgan fingerprint density at radius 1 is 0.889 bits per heavy atom. The van der Waals surface area contributed by atoms with Crippen molar-refractivity contribution < 1.29 is 9.31 Å². The van der Waals surface area contributed by atoms with Gasteiger partial charge in [0.2, 0.25) is 0 Å². The number of hydrogen-bond acceptors (Lipinski definition) is 2. The Hall–Kier alpha value is -1.90. The number of aryl methyl sites for hydroxylation is 1. The molecule has 4 rings (SSSR count). The van der Waals surface area contributed by atoms with Crippen LogP contribution in [0, 0.1) is 0 Å². The van der Waals surface area contributed by atoms with Gasteiger partial charge in [-0.05, 0) is 36.1 Å². The summed E-state index contributed by atoms with van der Waals surface area (Å²) in [7, 11) is -0.161. The van der Waals surface area contributed by atoms with Crippen molar-refractivity contribution in [2.75, 3.05) is 0 Å². The van der Waals surface area contributed by atoms with Crippen LogP contribution in [-0.4, -0.2) is 7.12 Å². The highest BCUT2D eigenvalue weighted by Crippen LogP contribution is 2.41. The predicted octanol–water partition coefficient (Wildman–Crippen LogP) is 3.22. The molecule has 1 heterocycles. The van der Waals surface area contributed by atoms with E-state index in [1.54, 1.807) is 0 Å². The lowest BCUT2D eigenvalue weighted by molar-refractivity contribution is 0.473. The normalized spacial score (nSPS) is 20.0. The number of fused-ring (bicyclic) bond motifs is 2. The molecule has 18 heavy (non-hydrogen) atoms. The van der Waals surface area contributed by atoms with Gasteiger partial charge in [0.1, 0.15) is 11.5 Å². The van der Waals surface area contributed by atoms with Crippen LogP contribution >= 0.6 is 0 Å². The van der Waals surface area contributed by atoms with Crippen LogP contribution in [0.2, 0.25) is 0 Å². The third-order valence-corrected chi connectivity index (χ3v) is 3.84. The molecule has 0 spiro atoms. The first-order valence-corrected chi connectivity index (χ1v) is 6.42. The molecule has 1 aliphatic carbocycles. The fourth-order valence-electron chi connectivity index (χ4n) is 2.96. The lowest BCUT2D eigenvalue weighted by atomic mass is 9.69. The molecule has 1 atom stereocenters. The highest BCUT2D eigenvalue weighted by atomic mass is 16.6. The third kappa shape index (κ3) is 1.43. The molecular weight excluding hydrogens is 223 g/mol. The minimum absolute atomic E-state index is 0.161. The van der Waals surface area contributed by atoms with Crippen molar-refractivity contribution in [3.05, 3.63) is 59.7 Å². The second-order valence-electron chi connectivity index (χ2n) is 4.89. The number of para-hydroxylation sites is 2. The Morgan fingerprint density at radius 2 is 1.56 bits per heavy atom. The largest absolute Gasteiger partial charge is 0.602 e. The summed E-state index contributed by atoms with van der Waals surface area (Å²) < 4.78 is 11.9. The summed E-state index contributed by atoms with van der Waals surface area (Å²) in [4.78, 5) is 0. The van der Waals surface area contributed by atoms with Crippen LogP contribution in [0.1, 0.15) is 23.4 Å². The zero-order valence-corrected chi connectivity index (χ0v) is 10.0. The summed E-state index contributed by atoms with van der Waals surface area (Å²) in [6, 6.07) is 16.5. The molecule has 0 N–H and O–H groups in total. The standard InChI is InChI=1S/C15H13BO2/c1-2-6-12-11(5-1)9-10-13(12)16-17-14-7-3-4-8-15(14)18-16/h1-8,13H,9-10H2/t13-/m0/s1. The van der Waals surface area contributed by atoms with Gasteiger partial charge in [-0.3, -0.25) is 0 Å². The van der Waals surface area contributed by atoms with E-state index in [2.05, 4.69) is 24.3 Å². The minimum Gasteiger partial charge on any atom is -0.523 e. The van der Waals surface area contributed by atoms with Gasteiger partial charge in [-0.25, -0.2) is 0 Å². The topological polar surface area (TPSA) is 18.5 Å². The molecule has 2 nitrogen and oxygen atoms in total. The monoisotopic (exact) mass is 236 g/mol. The summed E-state index contributed by atoms with van der Waals surface area (Å²) in [6.45, 7) is 0. The number of hydrogen-bond donors (Lipinski definition) is 0. The Morgan fingerprint density at radius 3 is 2.33 bits per heavy atom. The molecule has 88 valence electrons. The van der Waals surface area contributed by atoms with Gasteiger partial charge in [0.05, 0.1) is 0 Å². The Kier molecular flexibility index (Phi) is 2.13. The van der Waals surface area contributed by atoms with Gasteiger partial charge < -0.3 is 9.31 Å². The van der Waals surface area contributed by atoms with Gasteiger partial charge >= 0.3 is 7.12 Å². The molecule has 2 aromatic carbocycles. The molecule has 0 aromatic heterocycles. The summed E-state index contributed by atoms with van der Waals surface area (Å²) >= 11 is 0. The molecule has 2 aromatic rings. The zero-order valence-electron chi connectivity index (χ0n) is 10.0. The molecule has 0 unspecified atom stereocenters. The van der Waals surface area contributed by atoms with Crippen LogP contribution in [0.4, 0.5) is 0 Å². The first-order chi connectivity index (χ1) is 8.92. The highest BCUT2D eigenvalue weighted by Gasteiger charge is 2.43. The van der Waals surface area contributed by atoms with Gasteiger partial charge in [-0.2, -0.15) is 0 Å². The van der Waals surface area contributed by atoms with Crippen molar-refractivity contribution in [2.45, 2.75) is 18.7 Å². The predicted molar refractivity (Wildman–Crippen MR) is 71.0 cm³/mol. The summed E-state index contributed by atoms with van der Waals surface area (Å²) in [5.74, 6) is 2.09. The van der Waals surface area contributed by atoms with Crippen LogP contribution in [-0.2, 0) is 6.42 Å². The highest BCUT2D eigenvalue weighted by molar-refractivity contribution is 6.49. The molecular formula is C15H13BO2. The zero-order chi connectivity index (χ0) is 11.9. The fourth-order valence-corrected chi connectivity index (χ4v) is 2.96. The maximum atomic E-state index is 5.93. The van der Waals surface area contributed by atoms with Gasteiger partial charge in [0.15, 0.2) is 0 Å². The second kappa shape index (κ2) is 3.80. The molecule has 0 saturated heterocycles. The van der Waals surface area contributed by atoms with Crippen LogP contribution < -0.4 is 9.31 Å². The lowest BCUT2D eigenvalue weighted by Crippen LogP contribution is -2.32. The lowest BCUT2D eigenvalue weighted by Gasteiger charge is -2.13. The molecule has 0 bridgehead atoms. The van der Waals surface area contributed by atoms with Crippen LogP contribution in [0.3, 0.4) is 0 Å². The van der Waals surface area contributed by atoms with E-state index >= 15 is 0 Å². The summed E-state index contributed by atoms with van der Waals surface area (Å²) in [5.41, 5.74) is 2.82. The van der Waals surface area contributed by atoms with Crippen molar-refractivity contribution in [1.82, 2.24) is 0 Å². The van der Waals surface area contributed by atoms with Gasteiger partial charge in [0.25, 0.3) is 0 Å². The minimum atomic E-state index is -0.161. The van der Waals surface area contributed by atoms with Crippen molar-refractivity contribution in [1.29, 1.82) is 0 Å². The summed E-state index contributed by atoms with van der Waals surface area (Å²) in [5, 5.41) is 0. The maximum absolute atomic E-state index is 5.93. The Labute approximate surface area is 107 Å². The van der Waals surface area contributed by atoms with Gasteiger partial charge in [0, 0.05) is 5.82 Å². The molecule has 0 saturated carbocycles. The molecule has 0 radical (unpaired) electrons. The molecule has 0 fully saturated rings. The van der Waals surface area contributed by atoms with Gasteiger partial charge in [-0.15, -0.1) is 0 Å².